The number of nitrogens with zero attached hydrogens (tertiary/aromatic N) is 1. The van der Waals surface area contributed by atoms with E-state index in [0.29, 0.717) is 6.42 Å². The zero-order valence-corrected chi connectivity index (χ0v) is 12.0. The van der Waals surface area contributed by atoms with Crippen molar-refractivity contribution in [3.8, 4) is 0 Å². The van der Waals surface area contributed by atoms with Crippen LogP contribution in [0.1, 0.15) is 33.1 Å². The predicted octanol–water partition coefficient (Wildman–Crippen LogP) is 1.86. The van der Waals surface area contributed by atoms with E-state index in [1.165, 1.54) is 4.90 Å². The molecule has 0 saturated carbocycles. The average Bonchev–Trinajstić information content (AvgIpc) is 2.32. The summed E-state index contributed by atoms with van der Waals surface area (Å²) in [4.78, 5) is 26.2. The highest BCUT2D eigenvalue weighted by Gasteiger charge is 2.53. The highest BCUT2D eigenvalue weighted by atomic mass is 32.1. The molecule has 0 aromatic heterocycles. The molecule has 1 fully saturated rings. The van der Waals surface area contributed by atoms with Crippen LogP contribution < -0.4 is 5.32 Å². The van der Waals surface area contributed by atoms with Gasteiger partial charge in [-0.25, -0.2) is 0 Å². The fourth-order valence-corrected chi connectivity index (χ4v) is 2.68. The van der Waals surface area contributed by atoms with Crippen LogP contribution in [0.25, 0.3) is 0 Å². The molecule has 0 unspecified atom stereocenters. The number of hydrogen-bond acceptors (Lipinski definition) is 3. The second-order valence-corrected chi connectivity index (χ2v) is 5.16. The molecule has 100 valence electrons. The Morgan fingerprint density at radius 2 is 2.17 bits per heavy atom. The van der Waals surface area contributed by atoms with Crippen LogP contribution in [0, 0.1) is 11.3 Å². The van der Waals surface area contributed by atoms with Gasteiger partial charge in [0.15, 0.2) is 5.11 Å². The predicted molar refractivity (Wildman–Crippen MR) is 74.8 cm³/mol. The van der Waals surface area contributed by atoms with E-state index in [1.54, 1.807) is 13.1 Å². The second kappa shape index (κ2) is 5.61. The number of carbonyl (C=O) groups excluding carboxylic acids is 2. The Morgan fingerprint density at radius 3 is 2.67 bits per heavy atom. The normalized spacial score (nSPS) is 25.9. The Morgan fingerprint density at radius 1 is 1.56 bits per heavy atom. The van der Waals surface area contributed by atoms with Gasteiger partial charge in [0.1, 0.15) is 5.41 Å². The maximum absolute atomic E-state index is 12.5. The van der Waals surface area contributed by atoms with Crippen LogP contribution in [-0.2, 0) is 9.59 Å². The lowest BCUT2D eigenvalue weighted by molar-refractivity contribution is -0.153. The summed E-state index contributed by atoms with van der Waals surface area (Å²) in [7, 11) is 1.60. The van der Waals surface area contributed by atoms with Crippen LogP contribution >= 0.6 is 12.2 Å². The fraction of sp³-hybridized carbons (Fsp3) is 0.615. The quantitative estimate of drug-likeness (QED) is 0.470. The molecule has 0 aliphatic carbocycles. The highest BCUT2D eigenvalue weighted by molar-refractivity contribution is 7.80. The molecule has 0 radical (unpaired) electrons. The summed E-state index contributed by atoms with van der Waals surface area (Å²) in [5, 5.41) is 2.80. The molecule has 1 aliphatic rings. The van der Waals surface area contributed by atoms with Crippen LogP contribution in [0.2, 0.25) is 0 Å². The topological polar surface area (TPSA) is 49.4 Å². The van der Waals surface area contributed by atoms with E-state index >= 15 is 0 Å². The molecule has 0 bridgehead atoms. The first kappa shape index (κ1) is 14.8. The van der Waals surface area contributed by atoms with Gasteiger partial charge in [0.2, 0.25) is 11.8 Å². The zero-order chi connectivity index (χ0) is 13.9. The smallest absolute Gasteiger partial charge is 0.244 e. The highest BCUT2D eigenvalue weighted by Crippen LogP contribution is 2.39. The Hall–Kier alpha value is -1.23. The summed E-state index contributed by atoms with van der Waals surface area (Å²) in [5.41, 5.74) is -1.06. The van der Waals surface area contributed by atoms with Crippen molar-refractivity contribution in [2.75, 3.05) is 7.05 Å². The summed E-state index contributed by atoms with van der Waals surface area (Å²) < 4.78 is 0. The first-order valence-electron chi connectivity index (χ1n) is 6.16. The number of hydrogen-bond donors (Lipinski definition) is 1. The molecule has 2 amide bonds. The van der Waals surface area contributed by atoms with Crippen LogP contribution in [0.4, 0.5) is 0 Å². The van der Waals surface area contributed by atoms with Gasteiger partial charge in [0, 0.05) is 7.05 Å². The Labute approximate surface area is 113 Å². The van der Waals surface area contributed by atoms with Crippen molar-refractivity contribution in [3.05, 3.63) is 12.7 Å². The third kappa shape index (κ3) is 2.19. The number of thiocarbonyl (C=S) groups is 1. The van der Waals surface area contributed by atoms with Gasteiger partial charge in [-0.1, -0.05) is 26.3 Å². The molecule has 5 heteroatoms. The second-order valence-electron chi connectivity index (χ2n) is 4.78. The van der Waals surface area contributed by atoms with Gasteiger partial charge >= 0.3 is 0 Å². The van der Waals surface area contributed by atoms with Crippen LogP contribution in [0.15, 0.2) is 12.7 Å². The van der Waals surface area contributed by atoms with E-state index in [1.807, 2.05) is 13.8 Å². The van der Waals surface area contributed by atoms with Crippen molar-refractivity contribution in [2.45, 2.75) is 33.1 Å². The SMILES string of the molecule is C=CC[C@]1([C@@H](C)CCC)C(=O)NC(=S)N(C)C1=O. The Kier molecular flexibility index (Phi) is 4.62. The molecular formula is C13H20N2O2S. The van der Waals surface area contributed by atoms with Gasteiger partial charge < -0.3 is 5.32 Å². The third-order valence-corrected chi connectivity index (χ3v) is 4.02. The van der Waals surface area contributed by atoms with E-state index in [9.17, 15) is 9.59 Å². The van der Waals surface area contributed by atoms with Gasteiger partial charge in [-0.15, -0.1) is 6.58 Å². The molecule has 1 N–H and O–H groups in total. The van der Waals surface area contributed by atoms with Gasteiger partial charge in [-0.05, 0) is 31.0 Å². The Balaban J connectivity index is 3.22. The summed E-state index contributed by atoms with van der Waals surface area (Å²) in [6.45, 7) is 7.65. The molecule has 2 atom stereocenters. The van der Waals surface area contributed by atoms with Crippen molar-refractivity contribution in [1.29, 1.82) is 0 Å². The monoisotopic (exact) mass is 268 g/mol. The molecular weight excluding hydrogens is 248 g/mol. The van der Waals surface area contributed by atoms with Crippen LogP contribution in [0.5, 0.6) is 0 Å². The fourth-order valence-electron chi connectivity index (χ4n) is 2.50. The first-order valence-corrected chi connectivity index (χ1v) is 6.57. The van der Waals surface area contributed by atoms with Crippen LogP contribution in [0.3, 0.4) is 0 Å². The third-order valence-electron chi connectivity index (χ3n) is 3.65. The van der Waals surface area contributed by atoms with Crippen LogP contribution in [-0.4, -0.2) is 28.9 Å². The average molecular weight is 268 g/mol. The zero-order valence-electron chi connectivity index (χ0n) is 11.2. The van der Waals surface area contributed by atoms with Gasteiger partial charge in [-0.3, -0.25) is 14.5 Å². The van der Waals surface area contributed by atoms with E-state index in [4.69, 9.17) is 12.2 Å². The number of carbonyl (C=O) groups is 2. The minimum atomic E-state index is -1.06. The lowest BCUT2D eigenvalue weighted by Crippen LogP contribution is -2.64. The summed E-state index contributed by atoms with van der Waals surface area (Å²) in [5.74, 6) is -0.563. The van der Waals surface area contributed by atoms with Gasteiger partial charge in [0.25, 0.3) is 0 Å². The largest absolute Gasteiger partial charge is 0.302 e. The molecule has 0 aromatic rings. The molecule has 1 heterocycles. The molecule has 1 rings (SSSR count). The number of amides is 2. The van der Waals surface area contributed by atoms with Crippen molar-refractivity contribution >= 4 is 29.1 Å². The van der Waals surface area contributed by atoms with Crippen molar-refractivity contribution in [2.24, 2.45) is 11.3 Å². The summed E-state index contributed by atoms with van der Waals surface area (Å²) in [6, 6.07) is 0. The molecule has 1 aliphatic heterocycles. The van der Waals surface area contributed by atoms with E-state index in [2.05, 4.69) is 11.9 Å². The number of nitrogens with one attached hydrogen (secondary N) is 1. The van der Waals surface area contributed by atoms with Crippen molar-refractivity contribution in [3.63, 3.8) is 0 Å². The standard InChI is InChI=1S/C13H20N2O2S/c1-5-7-9(3)13(8-6-2)10(16)14-12(18)15(4)11(13)17/h6,9H,2,5,7-8H2,1,3-4H3,(H,14,16,18)/t9-,13-/m0/s1. The lowest BCUT2D eigenvalue weighted by Gasteiger charge is -2.42. The lowest BCUT2D eigenvalue weighted by atomic mass is 9.69. The number of rotatable bonds is 5. The summed E-state index contributed by atoms with van der Waals surface area (Å²) in [6.07, 6.45) is 3.71. The molecule has 1 saturated heterocycles. The molecule has 0 spiro atoms. The van der Waals surface area contributed by atoms with E-state index in [-0.39, 0.29) is 22.8 Å². The summed E-state index contributed by atoms with van der Waals surface area (Å²) >= 11 is 4.97. The maximum atomic E-state index is 12.5. The first-order chi connectivity index (χ1) is 8.41. The Bertz CT molecular complexity index is 394. The molecule has 0 aromatic carbocycles. The minimum absolute atomic E-state index is 0.0430. The minimum Gasteiger partial charge on any atom is -0.302 e. The number of allylic oxidation sites excluding steroid dienone is 1. The van der Waals surface area contributed by atoms with E-state index in [0.717, 1.165) is 12.8 Å². The van der Waals surface area contributed by atoms with E-state index < -0.39 is 5.41 Å². The van der Waals surface area contributed by atoms with Crippen molar-refractivity contribution in [1.82, 2.24) is 10.2 Å². The maximum Gasteiger partial charge on any atom is 0.244 e. The molecule has 4 nitrogen and oxygen atoms in total. The van der Waals surface area contributed by atoms with Gasteiger partial charge in [-0.2, -0.15) is 0 Å². The van der Waals surface area contributed by atoms with Crippen molar-refractivity contribution < 1.29 is 9.59 Å². The molecule has 18 heavy (non-hydrogen) atoms. The van der Waals surface area contributed by atoms with Gasteiger partial charge in [0.05, 0.1) is 0 Å².